The molecule has 3 aromatic rings. The van der Waals surface area contributed by atoms with Gasteiger partial charge in [0.25, 0.3) is 0 Å². The van der Waals surface area contributed by atoms with Crippen molar-refractivity contribution in [2.45, 2.75) is 26.8 Å². The van der Waals surface area contributed by atoms with Crippen molar-refractivity contribution in [3.63, 3.8) is 0 Å². The molecule has 0 aliphatic rings. The summed E-state index contributed by atoms with van der Waals surface area (Å²) in [7, 11) is 0. The van der Waals surface area contributed by atoms with E-state index in [1.807, 2.05) is 38.2 Å². The molecular weight excluding hydrogens is 282 g/mol. The summed E-state index contributed by atoms with van der Waals surface area (Å²) in [5, 5.41) is 0. The van der Waals surface area contributed by atoms with Crippen LogP contribution in [0.2, 0.25) is 0 Å². The van der Waals surface area contributed by atoms with Crippen LogP contribution in [-0.2, 0) is 0 Å². The van der Waals surface area contributed by atoms with Crippen molar-refractivity contribution in [2.75, 3.05) is 0 Å². The molecule has 0 N–H and O–H groups in total. The zero-order valence-corrected chi connectivity index (χ0v) is 13.6. The van der Waals surface area contributed by atoms with E-state index < -0.39 is 0 Å². The van der Waals surface area contributed by atoms with Gasteiger partial charge in [-0.15, -0.1) is 0 Å². The zero-order chi connectivity index (χ0) is 16.2. The molecule has 1 atom stereocenters. The minimum atomic E-state index is 0.196. The monoisotopic (exact) mass is 301 g/mol. The van der Waals surface area contributed by atoms with Gasteiger partial charge in [0.05, 0.1) is 12.2 Å². The Morgan fingerprint density at radius 3 is 2.52 bits per heavy atom. The molecule has 2 heterocycles. The maximum absolute atomic E-state index is 4.44. The standard InChI is InChI=1S/C20H19N3/c1-15-13-18(11-12-21-15)9-10-20-14-22-17(3)23(20)16(2)19-7-5-4-6-8-19/h4-8,11-14,16H,1-3H3. The maximum Gasteiger partial charge on any atom is 0.113 e. The van der Waals surface area contributed by atoms with Gasteiger partial charge in [0.1, 0.15) is 11.5 Å². The van der Waals surface area contributed by atoms with Gasteiger partial charge in [0, 0.05) is 17.5 Å². The van der Waals surface area contributed by atoms with E-state index in [4.69, 9.17) is 0 Å². The summed E-state index contributed by atoms with van der Waals surface area (Å²) >= 11 is 0. The molecule has 0 saturated carbocycles. The lowest BCUT2D eigenvalue weighted by atomic mass is 10.1. The molecule has 23 heavy (non-hydrogen) atoms. The van der Waals surface area contributed by atoms with Crippen LogP contribution in [0.25, 0.3) is 0 Å². The summed E-state index contributed by atoms with van der Waals surface area (Å²) in [6, 6.07) is 14.5. The SMILES string of the molecule is Cc1cc(C#Cc2cnc(C)n2C(C)c2ccccc2)ccn1. The minimum Gasteiger partial charge on any atom is -0.314 e. The highest BCUT2D eigenvalue weighted by Crippen LogP contribution is 2.21. The molecular formula is C20H19N3. The predicted octanol–water partition coefficient (Wildman–Crippen LogP) is 3.90. The Labute approximate surface area is 137 Å². The normalized spacial score (nSPS) is 11.6. The fraction of sp³-hybridized carbons (Fsp3) is 0.200. The second-order valence-corrected chi connectivity index (χ2v) is 5.58. The van der Waals surface area contributed by atoms with Crippen LogP contribution in [-0.4, -0.2) is 14.5 Å². The summed E-state index contributed by atoms with van der Waals surface area (Å²) < 4.78 is 2.18. The van der Waals surface area contributed by atoms with Crippen LogP contribution in [0, 0.1) is 25.7 Å². The number of benzene rings is 1. The molecule has 0 amide bonds. The van der Waals surface area contributed by atoms with E-state index in [0.29, 0.717) is 0 Å². The smallest absolute Gasteiger partial charge is 0.113 e. The van der Waals surface area contributed by atoms with Crippen molar-refractivity contribution in [3.8, 4) is 11.8 Å². The third kappa shape index (κ3) is 3.32. The first kappa shape index (κ1) is 15.1. The van der Waals surface area contributed by atoms with Gasteiger partial charge in [0.2, 0.25) is 0 Å². The lowest BCUT2D eigenvalue weighted by Crippen LogP contribution is -2.10. The number of rotatable bonds is 2. The molecule has 0 aliphatic carbocycles. The van der Waals surface area contributed by atoms with Crippen molar-refractivity contribution < 1.29 is 0 Å². The Morgan fingerprint density at radius 2 is 1.78 bits per heavy atom. The molecule has 0 saturated heterocycles. The molecule has 0 aliphatic heterocycles. The summed E-state index contributed by atoms with van der Waals surface area (Å²) in [6.45, 7) is 6.16. The summed E-state index contributed by atoms with van der Waals surface area (Å²) in [4.78, 5) is 8.64. The van der Waals surface area contributed by atoms with Crippen molar-refractivity contribution in [1.82, 2.24) is 14.5 Å². The molecule has 0 bridgehead atoms. The molecule has 1 unspecified atom stereocenters. The summed E-state index contributed by atoms with van der Waals surface area (Å²) in [6.07, 6.45) is 3.63. The Balaban J connectivity index is 1.97. The Morgan fingerprint density at radius 1 is 1.00 bits per heavy atom. The van der Waals surface area contributed by atoms with E-state index in [1.165, 1.54) is 5.56 Å². The number of imidazole rings is 1. The number of hydrogen-bond acceptors (Lipinski definition) is 2. The van der Waals surface area contributed by atoms with E-state index in [1.54, 1.807) is 6.20 Å². The van der Waals surface area contributed by atoms with Crippen molar-refractivity contribution in [1.29, 1.82) is 0 Å². The lowest BCUT2D eigenvalue weighted by molar-refractivity contribution is 0.613. The second kappa shape index (κ2) is 6.50. The fourth-order valence-electron chi connectivity index (χ4n) is 2.67. The number of hydrogen-bond donors (Lipinski definition) is 0. The summed E-state index contributed by atoms with van der Waals surface area (Å²) in [5.41, 5.74) is 4.11. The average molecular weight is 301 g/mol. The molecule has 1 aromatic carbocycles. The first-order valence-electron chi connectivity index (χ1n) is 7.68. The number of nitrogens with zero attached hydrogens (tertiary/aromatic N) is 3. The molecule has 0 spiro atoms. The average Bonchev–Trinajstić information content (AvgIpc) is 2.94. The Bertz CT molecular complexity index is 867. The molecule has 3 rings (SSSR count). The molecule has 0 radical (unpaired) electrons. The van der Waals surface area contributed by atoms with Crippen LogP contribution in [0.1, 0.15) is 41.3 Å². The van der Waals surface area contributed by atoms with Crippen molar-refractivity contribution in [3.05, 3.63) is 83.2 Å². The van der Waals surface area contributed by atoms with Crippen LogP contribution in [0.3, 0.4) is 0 Å². The third-order valence-corrected chi connectivity index (χ3v) is 3.88. The van der Waals surface area contributed by atoms with Gasteiger partial charge in [-0.25, -0.2) is 4.98 Å². The molecule has 2 aromatic heterocycles. The van der Waals surface area contributed by atoms with Gasteiger partial charge in [-0.1, -0.05) is 36.3 Å². The highest BCUT2D eigenvalue weighted by atomic mass is 15.1. The van der Waals surface area contributed by atoms with Crippen molar-refractivity contribution in [2.24, 2.45) is 0 Å². The van der Waals surface area contributed by atoms with Gasteiger partial charge in [-0.2, -0.15) is 0 Å². The van der Waals surface area contributed by atoms with E-state index >= 15 is 0 Å². The number of aromatic nitrogens is 3. The van der Waals surface area contributed by atoms with Gasteiger partial charge in [-0.05, 0) is 44.4 Å². The maximum atomic E-state index is 4.44. The van der Waals surface area contributed by atoms with E-state index in [-0.39, 0.29) is 6.04 Å². The van der Waals surface area contributed by atoms with Gasteiger partial charge >= 0.3 is 0 Å². The lowest BCUT2D eigenvalue weighted by Gasteiger charge is -2.17. The van der Waals surface area contributed by atoms with E-state index in [0.717, 1.165) is 22.8 Å². The van der Waals surface area contributed by atoms with Gasteiger partial charge < -0.3 is 4.57 Å². The number of pyridine rings is 1. The Hall–Kier alpha value is -2.86. The van der Waals surface area contributed by atoms with Crippen LogP contribution in [0.5, 0.6) is 0 Å². The highest BCUT2D eigenvalue weighted by Gasteiger charge is 2.13. The predicted molar refractivity (Wildman–Crippen MR) is 92.2 cm³/mol. The molecule has 114 valence electrons. The molecule has 3 nitrogen and oxygen atoms in total. The van der Waals surface area contributed by atoms with Crippen molar-refractivity contribution >= 4 is 0 Å². The first-order chi connectivity index (χ1) is 11.1. The quantitative estimate of drug-likeness (QED) is 0.672. The van der Waals surface area contributed by atoms with Crippen LogP contribution in [0.15, 0.2) is 54.9 Å². The van der Waals surface area contributed by atoms with Crippen LogP contribution < -0.4 is 0 Å². The van der Waals surface area contributed by atoms with Gasteiger partial charge in [0.15, 0.2) is 0 Å². The van der Waals surface area contributed by atoms with Crippen LogP contribution in [0.4, 0.5) is 0 Å². The van der Waals surface area contributed by atoms with E-state index in [2.05, 4.69) is 57.6 Å². The highest BCUT2D eigenvalue weighted by molar-refractivity contribution is 5.41. The Kier molecular flexibility index (Phi) is 4.25. The van der Waals surface area contributed by atoms with E-state index in [9.17, 15) is 0 Å². The van der Waals surface area contributed by atoms with Crippen LogP contribution >= 0.6 is 0 Å². The summed E-state index contributed by atoms with van der Waals surface area (Å²) in [5.74, 6) is 7.43. The second-order valence-electron chi connectivity index (χ2n) is 5.58. The topological polar surface area (TPSA) is 30.7 Å². The largest absolute Gasteiger partial charge is 0.314 e. The zero-order valence-electron chi connectivity index (χ0n) is 13.6. The van der Waals surface area contributed by atoms with Gasteiger partial charge in [-0.3, -0.25) is 4.98 Å². The first-order valence-corrected chi connectivity index (χ1v) is 7.68. The molecule has 0 fully saturated rings. The minimum absolute atomic E-state index is 0.196. The third-order valence-electron chi connectivity index (χ3n) is 3.88. The fourth-order valence-corrected chi connectivity index (χ4v) is 2.67. The molecule has 3 heteroatoms. The number of aryl methyl sites for hydroxylation is 2.